The fourth-order valence-corrected chi connectivity index (χ4v) is 3.62. The lowest BCUT2D eigenvalue weighted by atomic mass is 9.72. The molecule has 1 atom stereocenters. The number of amidine groups is 1. The number of rotatable bonds is 6. The van der Waals surface area contributed by atoms with Crippen molar-refractivity contribution in [3.05, 3.63) is 95.3 Å². The van der Waals surface area contributed by atoms with Gasteiger partial charge < -0.3 is 16.0 Å². The van der Waals surface area contributed by atoms with Gasteiger partial charge in [-0.05, 0) is 40.8 Å². The Morgan fingerprint density at radius 3 is 2.13 bits per heavy atom. The van der Waals surface area contributed by atoms with Gasteiger partial charge in [0.1, 0.15) is 12.4 Å². The molecule has 0 fully saturated rings. The highest BCUT2D eigenvalue weighted by Crippen LogP contribution is 2.41. The highest BCUT2D eigenvalue weighted by molar-refractivity contribution is 5.98. The van der Waals surface area contributed by atoms with Crippen LogP contribution in [0.15, 0.2) is 78.0 Å². The largest absolute Gasteiger partial charge is 0.487 e. The van der Waals surface area contributed by atoms with Gasteiger partial charge in [-0.2, -0.15) is 5.10 Å². The van der Waals surface area contributed by atoms with Crippen molar-refractivity contribution in [2.75, 3.05) is 0 Å². The zero-order valence-corrected chi connectivity index (χ0v) is 17.7. The van der Waals surface area contributed by atoms with Crippen molar-refractivity contribution in [1.82, 2.24) is 10.4 Å². The highest BCUT2D eigenvalue weighted by Gasteiger charge is 2.28. The third kappa shape index (κ3) is 5.15. The first-order chi connectivity index (χ1) is 14.4. The maximum Gasteiger partial charge on any atom is 0.166 e. The molecule has 1 aromatic heterocycles. The van der Waals surface area contributed by atoms with E-state index in [1.165, 1.54) is 11.1 Å². The molecule has 156 valence electrons. The zero-order chi connectivity index (χ0) is 21.6. The minimum Gasteiger partial charge on any atom is -0.487 e. The average molecular weight is 404 g/mol. The molecule has 0 aliphatic rings. The Hall–Kier alpha value is -3.38. The molecule has 0 amide bonds. The quantitative estimate of drug-likeness (QED) is 0.251. The number of nitrogens with one attached hydrogen (secondary N) is 1. The summed E-state index contributed by atoms with van der Waals surface area (Å²) in [6.45, 7) is 7.17. The van der Waals surface area contributed by atoms with E-state index in [9.17, 15) is 0 Å². The van der Waals surface area contributed by atoms with Crippen LogP contribution >= 0.6 is 0 Å². The Balaban J connectivity index is 1.80. The molecule has 6 heteroatoms. The van der Waals surface area contributed by atoms with Crippen molar-refractivity contribution in [2.45, 2.75) is 33.3 Å². The van der Waals surface area contributed by atoms with E-state index in [-0.39, 0.29) is 11.3 Å². The molecule has 6 nitrogen and oxygen atoms in total. The summed E-state index contributed by atoms with van der Waals surface area (Å²) in [5.41, 5.74) is 6.72. The van der Waals surface area contributed by atoms with E-state index in [1.54, 1.807) is 6.20 Å². The second-order valence-corrected chi connectivity index (χ2v) is 8.22. The van der Waals surface area contributed by atoms with Gasteiger partial charge in [-0.1, -0.05) is 63.2 Å². The van der Waals surface area contributed by atoms with Crippen molar-refractivity contribution in [2.24, 2.45) is 22.2 Å². The summed E-state index contributed by atoms with van der Waals surface area (Å²) in [4.78, 5) is 4.29. The van der Waals surface area contributed by atoms with Crippen LogP contribution in [0.25, 0.3) is 0 Å². The predicted molar refractivity (Wildman–Crippen MR) is 121 cm³/mol. The van der Waals surface area contributed by atoms with Gasteiger partial charge >= 0.3 is 0 Å². The third-order valence-electron chi connectivity index (χ3n) is 4.98. The Kier molecular flexibility index (Phi) is 6.69. The number of benzene rings is 2. The second kappa shape index (κ2) is 9.41. The SMILES string of the molecule is CC(C)(C)C(c1ccc(OCc2ccccn2)cc1)c1ccc(/C(=N/N)NN)cc1. The molecule has 0 aliphatic heterocycles. The fourth-order valence-electron chi connectivity index (χ4n) is 3.62. The summed E-state index contributed by atoms with van der Waals surface area (Å²) in [6, 6.07) is 22.2. The van der Waals surface area contributed by atoms with E-state index in [1.807, 2.05) is 42.5 Å². The molecule has 30 heavy (non-hydrogen) atoms. The minimum absolute atomic E-state index is 0.0226. The normalized spacial score (nSPS) is 13.0. The van der Waals surface area contributed by atoms with Crippen LogP contribution in [0.4, 0.5) is 0 Å². The second-order valence-electron chi connectivity index (χ2n) is 8.22. The van der Waals surface area contributed by atoms with Gasteiger partial charge in [-0.3, -0.25) is 4.98 Å². The van der Waals surface area contributed by atoms with Crippen LogP contribution in [0.5, 0.6) is 5.75 Å². The Morgan fingerprint density at radius 1 is 1.00 bits per heavy atom. The average Bonchev–Trinajstić information content (AvgIpc) is 2.75. The van der Waals surface area contributed by atoms with E-state index in [4.69, 9.17) is 16.4 Å². The third-order valence-corrected chi connectivity index (χ3v) is 4.98. The molecule has 0 aliphatic carbocycles. The molecule has 0 saturated heterocycles. The summed E-state index contributed by atoms with van der Waals surface area (Å²) >= 11 is 0. The molecule has 0 saturated carbocycles. The summed E-state index contributed by atoms with van der Waals surface area (Å²) in [7, 11) is 0. The standard InChI is InChI=1S/C24H29N5O/c1-24(2,3)22(17-7-9-19(10-8-17)23(28-25)29-26)18-11-13-21(14-12-18)30-16-20-6-4-5-15-27-20/h4-15,22H,16,25-26H2,1-3H3,(H,28,29). The number of hydrogen-bond donors (Lipinski definition) is 3. The maximum atomic E-state index is 5.88. The van der Waals surface area contributed by atoms with Crippen molar-refractivity contribution < 1.29 is 4.74 Å². The van der Waals surface area contributed by atoms with Gasteiger partial charge in [0.25, 0.3) is 0 Å². The monoisotopic (exact) mass is 403 g/mol. The van der Waals surface area contributed by atoms with Gasteiger partial charge in [-0.15, -0.1) is 0 Å². The van der Waals surface area contributed by atoms with Crippen LogP contribution in [0.1, 0.15) is 49.1 Å². The van der Waals surface area contributed by atoms with Crippen molar-refractivity contribution in [1.29, 1.82) is 0 Å². The summed E-state index contributed by atoms with van der Waals surface area (Å²) in [6.07, 6.45) is 1.77. The van der Waals surface area contributed by atoms with Crippen LogP contribution < -0.4 is 21.8 Å². The van der Waals surface area contributed by atoms with Crippen molar-refractivity contribution in [3.63, 3.8) is 0 Å². The van der Waals surface area contributed by atoms with Gasteiger partial charge in [0, 0.05) is 17.7 Å². The summed E-state index contributed by atoms with van der Waals surface area (Å²) < 4.78 is 5.88. The number of nitrogens with two attached hydrogens (primary N) is 2. The molecule has 0 bridgehead atoms. The van der Waals surface area contributed by atoms with Crippen LogP contribution in [0.2, 0.25) is 0 Å². The molecule has 0 spiro atoms. The lowest BCUT2D eigenvalue weighted by Gasteiger charge is -2.32. The summed E-state index contributed by atoms with van der Waals surface area (Å²) in [5.74, 6) is 12.3. The van der Waals surface area contributed by atoms with E-state index >= 15 is 0 Å². The van der Waals surface area contributed by atoms with E-state index in [0.29, 0.717) is 12.4 Å². The molecule has 5 N–H and O–H groups in total. The van der Waals surface area contributed by atoms with Crippen LogP contribution in [-0.2, 0) is 6.61 Å². The number of hydrogen-bond acceptors (Lipinski definition) is 5. The van der Waals surface area contributed by atoms with Crippen LogP contribution in [0, 0.1) is 5.41 Å². The highest BCUT2D eigenvalue weighted by atomic mass is 16.5. The van der Waals surface area contributed by atoms with E-state index < -0.39 is 0 Å². The van der Waals surface area contributed by atoms with Gasteiger partial charge in [0.05, 0.1) is 5.69 Å². The molecule has 3 aromatic rings. The molecule has 1 unspecified atom stereocenters. The maximum absolute atomic E-state index is 5.88. The zero-order valence-electron chi connectivity index (χ0n) is 17.7. The summed E-state index contributed by atoms with van der Waals surface area (Å²) in [5, 5.41) is 3.67. The number of nitrogens with zero attached hydrogens (tertiary/aromatic N) is 2. The Bertz CT molecular complexity index is 961. The molecule has 2 aromatic carbocycles. The Morgan fingerprint density at radius 2 is 1.63 bits per heavy atom. The van der Waals surface area contributed by atoms with Crippen LogP contribution in [-0.4, -0.2) is 10.8 Å². The number of hydrazone groups is 1. The van der Waals surface area contributed by atoms with Gasteiger partial charge in [-0.25, -0.2) is 5.84 Å². The lowest BCUT2D eigenvalue weighted by molar-refractivity contribution is 0.301. The van der Waals surface area contributed by atoms with Gasteiger partial charge in [0.2, 0.25) is 0 Å². The lowest BCUT2D eigenvalue weighted by Crippen LogP contribution is -2.32. The van der Waals surface area contributed by atoms with E-state index in [2.05, 4.69) is 60.5 Å². The first kappa shape index (κ1) is 21.3. The first-order valence-electron chi connectivity index (χ1n) is 9.90. The smallest absolute Gasteiger partial charge is 0.166 e. The molecular formula is C24H29N5O. The molecule has 0 radical (unpaired) electrons. The first-order valence-corrected chi connectivity index (χ1v) is 9.90. The van der Waals surface area contributed by atoms with E-state index in [0.717, 1.165) is 17.0 Å². The predicted octanol–water partition coefficient (Wildman–Crippen LogP) is 3.92. The Labute approximate surface area is 177 Å². The van der Waals surface area contributed by atoms with Crippen LogP contribution in [0.3, 0.4) is 0 Å². The number of pyridine rings is 1. The number of hydrazine groups is 1. The van der Waals surface area contributed by atoms with Crippen molar-refractivity contribution >= 4 is 5.84 Å². The topological polar surface area (TPSA) is 98.5 Å². The minimum atomic E-state index is 0.0226. The number of aromatic nitrogens is 1. The van der Waals surface area contributed by atoms with Gasteiger partial charge in [0.15, 0.2) is 5.84 Å². The molecular weight excluding hydrogens is 374 g/mol. The fraction of sp³-hybridized carbons (Fsp3) is 0.250. The number of ether oxygens (including phenoxy) is 1. The van der Waals surface area contributed by atoms with Crippen molar-refractivity contribution in [3.8, 4) is 5.75 Å². The molecule has 3 rings (SSSR count). The molecule has 1 heterocycles.